The molecule has 4 nitrogen and oxygen atoms in total. The number of thiazole rings is 1. The number of aryl methyl sites for hydroxylation is 2. The molecular weight excluding hydrogens is 244 g/mol. The summed E-state index contributed by atoms with van der Waals surface area (Å²) in [5.41, 5.74) is 1.47. The zero-order chi connectivity index (χ0) is 13.1. The Bertz CT molecular complexity index is 597. The predicted molar refractivity (Wildman–Crippen MR) is 72.6 cm³/mol. The van der Waals surface area contributed by atoms with Gasteiger partial charge < -0.3 is 5.32 Å². The monoisotopic (exact) mass is 258 g/mol. The SMILES string of the molecule is Cc1nc(C)c(C(C)Nc2cccc(C#N)n2)s1. The van der Waals surface area contributed by atoms with Gasteiger partial charge >= 0.3 is 0 Å². The molecular formula is C13H14N4S. The normalized spacial score (nSPS) is 11.9. The maximum absolute atomic E-state index is 8.81. The summed E-state index contributed by atoms with van der Waals surface area (Å²) in [7, 11) is 0. The Balaban J connectivity index is 2.18. The highest BCUT2D eigenvalue weighted by atomic mass is 32.1. The smallest absolute Gasteiger partial charge is 0.142 e. The number of aromatic nitrogens is 2. The zero-order valence-electron chi connectivity index (χ0n) is 10.6. The van der Waals surface area contributed by atoms with Gasteiger partial charge in [-0.25, -0.2) is 9.97 Å². The average Bonchev–Trinajstić information content (AvgIpc) is 2.69. The van der Waals surface area contributed by atoms with E-state index in [2.05, 4.69) is 22.2 Å². The highest BCUT2D eigenvalue weighted by molar-refractivity contribution is 7.11. The molecule has 0 amide bonds. The molecule has 0 bridgehead atoms. The van der Waals surface area contributed by atoms with Crippen molar-refractivity contribution < 1.29 is 0 Å². The molecule has 0 aliphatic heterocycles. The van der Waals surface area contributed by atoms with Crippen molar-refractivity contribution in [3.63, 3.8) is 0 Å². The topological polar surface area (TPSA) is 61.6 Å². The maximum Gasteiger partial charge on any atom is 0.142 e. The van der Waals surface area contributed by atoms with Crippen molar-refractivity contribution in [2.45, 2.75) is 26.8 Å². The van der Waals surface area contributed by atoms with Crippen LogP contribution in [-0.4, -0.2) is 9.97 Å². The lowest BCUT2D eigenvalue weighted by atomic mass is 10.2. The van der Waals surface area contributed by atoms with E-state index < -0.39 is 0 Å². The fourth-order valence-electron chi connectivity index (χ4n) is 1.81. The number of anilines is 1. The van der Waals surface area contributed by atoms with Crippen LogP contribution in [0.2, 0.25) is 0 Å². The van der Waals surface area contributed by atoms with Crippen molar-refractivity contribution in [2.75, 3.05) is 5.32 Å². The zero-order valence-corrected chi connectivity index (χ0v) is 11.4. The van der Waals surface area contributed by atoms with Gasteiger partial charge in [-0.05, 0) is 32.9 Å². The second-order valence-corrected chi connectivity index (χ2v) is 5.30. The molecule has 0 saturated carbocycles. The second-order valence-electron chi connectivity index (χ2n) is 4.07. The van der Waals surface area contributed by atoms with Crippen molar-refractivity contribution in [2.24, 2.45) is 0 Å². The van der Waals surface area contributed by atoms with Crippen molar-refractivity contribution >= 4 is 17.2 Å². The molecule has 0 spiro atoms. The summed E-state index contributed by atoms with van der Waals surface area (Å²) >= 11 is 1.69. The maximum atomic E-state index is 8.81. The van der Waals surface area contributed by atoms with Gasteiger partial charge in [0.15, 0.2) is 0 Å². The lowest BCUT2D eigenvalue weighted by molar-refractivity contribution is 0.879. The van der Waals surface area contributed by atoms with Gasteiger partial charge in [-0.15, -0.1) is 11.3 Å². The number of nitriles is 1. The van der Waals surface area contributed by atoms with E-state index in [0.29, 0.717) is 11.5 Å². The van der Waals surface area contributed by atoms with E-state index in [0.717, 1.165) is 10.7 Å². The van der Waals surface area contributed by atoms with Gasteiger partial charge in [0, 0.05) is 4.88 Å². The van der Waals surface area contributed by atoms with Crippen LogP contribution in [0.4, 0.5) is 5.82 Å². The number of pyridine rings is 1. The molecule has 0 aromatic carbocycles. The Hall–Kier alpha value is -1.93. The van der Waals surface area contributed by atoms with Gasteiger partial charge in [-0.3, -0.25) is 0 Å². The molecule has 2 aromatic rings. The first-order chi connectivity index (χ1) is 8.60. The molecule has 0 aliphatic rings. The van der Waals surface area contributed by atoms with Crippen LogP contribution < -0.4 is 5.32 Å². The van der Waals surface area contributed by atoms with Crippen LogP contribution in [0.1, 0.15) is 34.2 Å². The summed E-state index contributed by atoms with van der Waals surface area (Å²) in [5.74, 6) is 0.715. The fourth-order valence-corrected chi connectivity index (χ4v) is 2.74. The van der Waals surface area contributed by atoms with Crippen molar-refractivity contribution in [3.8, 4) is 6.07 Å². The molecule has 0 aliphatic carbocycles. The highest BCUT2D eigenvalue weighted by Gasteiger charge is 2.13. The minimum atomic E-state index is 0.137. The minimum Gasteiger partial charge on any atom is -0.363 e. The minimum absolute atomic E-state index is 0.137. The van der Waals surface area contributed by atoms with Crippen LogP contribution in [0.25, 0.3) is 0 Å². The number of rotatable bonds is 3. The molecule has 2 aromatic heterocycles. The summed E-state index contributed by atoms with van der Waals surface area (Å²) in [6.45, 7) is 6.08. The fraction of sp³-hybridized carbons (Fsp3) is 0.308. The van der Waals surface area contributed by atoms with Crippen LogP contribution >= 0.6 is 11.3 Å². The van der Waals surface area contributed by atoms with Crippen molar-refractivity contribution in [1.82, 2.24) is 9.97 Å². The molecule has 1 atom stereocenters. The number of hydrogen-bond donors (Lipinski definition) is 1. The first kappa shape index (κ1) is 12.5. The Morgan fingerprint density at radius 1 is 1.33 bits per heavy atom. The van der Waals surface area contributed by atoms with E-state index in [4.69, 9.17) is 5.26 Å². The van der Waals surface area contributed by atoms with E-state index in [9.17, 15) is 0 Å². The van der Waals surface area contributed by atoms with Crippen LogP contribution in [-0.2, 0) is 0 Å². The van der Waals surface area contributed by atoms with Gasteiger partial charge in [0.2, 0.25) is 0 Å². The van der Waals surface area contributed by atoms with Crippen molar-refractivity contribution in [3.05, 3.63) is 39.5 Å². The molecule has 2 rings (SSSR count). The lowest BCUT2D eigenvalue weighted by Gasteiger charge is -2.13. The highest BCUT2D eigenvalue weighted by Crippen LogP contribution is 2.26. The Morgan fingerprint density at radius 2 is 2.11 bits per heavy atom. The standard InChI is InChI=1S/C13H14N4S/c1-8-13(18-10(3)15-8)9(2)16-12-6-4-5-11(7-14)17-12/h4-6,9H,1-3H3,(H,16,17). The number of nitrogens with one attached hydrogen (secondary N) is 1. The first-order valence-electron chi connectivity index (χ1n) is 5.67. The Labute approximate surface area is 110 Å². The van der Waals surface area contributed by atoms with E-state index in [1.165, 1.54) is 4.88 Å². The summed E-state index contributed by atoms with van der Waals surface area (Å²) in [4.78, 5) is 9.82. The quantitative estimate of drug-likeness (QED) is 0.918. The average molecular weight is 258 g/mol. The summed E-state index contributed by atoms with van der Waals surface area (Å²) < 4.78 is 0. The third-order valence-corrected chi connectivity index (χ3v) is 3.82. The second kappa shape index (κ2) is 5.15. The van der Waals surface area contributed by atoms with E-state index in [1.807, 2.05) is 32.0 Å². The summed E-state index contributed by atoms with van der Waals surface area (Å²) in [6, 6.07) is 7.55. The molecule has 18 heavy (non-hydrogen) atoms. The lowest BCUT2D eigenvalue weighted by Crippen LogP contribution is -2.08. The van der Waals surface area contributed by atoms with Gasteiger partial charge in [0.25, 0.3) is 0 Å². The van der Waals surface area contributed by atoms with Crippen LogP contribution in [0.5, 0.6) is 0 Å². The first-order valence-corrected chi connectivity index (χ1v) is 6.49. The number of hydrogen-bond acceptors (Lipinski definition) is 5. The molecule has 0 saturated heterocycles. The largest absolute Gasteiger partial charge is 0.363 e. The van der Waals surface area contributed by atoms with Gasteiger partial charge in [0.05, 0.1) is 16.7 Å². The van der Waals surface area contributed by atoms with Gasteiger partial charge in [-0.2, -0.15) is 5.26 Å². The van der Waals surface area contributed by atoms with Crippen LogP contribution in [0.3, 0.4) is 0 Å². The van der Waals surface area contributed by atoms with Gasteiger partial charge in [-0.1, -0.05) is 6.07 Å². The molecule has 2 heterocycles. The van der Waals surface area contributed by atoms with Crippen molar-refractivity contribution in [1.29, 1.82) is 5.26 Å². The summed E-state index contributed by atoms with van der Waals surface area (Å²) in [6.07, 6.45) is 0. The third kappa shape index (κ3) is 2.66. The molecule has 1 unspecified atom stereocenters. The Morgan fingerprint density at radius 3 is 2.72 bits per heavy atom. The molecule has 92 valence electrons. The van der Waals surface area contributed by atoms with E-state index in [-0.39, 0.29) is 6.04 Å². The predicted octanol–water partition coefficient (Wildman–Crippen LogP) is 3.20. The molecule has 1 N–H and O–H groups in total. The van der Waals surface area contributed by atoms with Gasteiger partial charge in [0.1, 0.15) is 17.6 Å². The van der Waals surface area contributed by atoms with Crippen LogP contribution in [0.15, 0.2) is 18.2 Å². The third-order valence-electron chi connectivity index (χ3n) is 2.56. The Kier molecular flexibility index (Phi) is 3.58. The molecule has 0 radical (unpaired) electrons. The van der Waals surface area contributed by atoms with E-state index >= 15 is 0 Å². The molecule has 0 fully saturated rings. The summed E-state index contributed by atoms with van der Waals surface area (Å²) in [5, 5.41) is 13.2. The van der Waals surface area contributed by atoms with E-state index in [1.54, 1.807) is 17.4 Å². The number of nitrogens with zero attached hydrogens (tertiary/aromatic N) is 3. The van der Waals surface area contributed by atoms with Crippen LogP contribution in [0, 0.1) is 25.2 Å². The molecule has 5 heteroatoms.